The van der Waals surface area contributed by atoms with Crippen LogP contribution in [0.2, 0.25) is 0 Å². The summed E-state index contributed by atoms with van der Waals surface area (Å²) < 4.78 is 0.942. The molecular weight excluding hydrogens is 316 g/mol. The molecule has 100 valence electrons. The number of halogens is 1. The minimum absolute atomic E-state index is 0.0421. The Balaban J connectivity index is 2.52. The average molecular weight is 333 g/mol. The van der Waals surface area contributed by atoms with Gasteiger partial charge in [0.2, 0.25) is 5.91 Å². The Morgan fingerprint density at radius 2 is 2.06 bits per heavy atom. The van der Waals surface area contributed by atoms with Gasteiger partial charge in [-0.3, -0.25) is 14.5 Å². The van der Waals surface area contributed by atoms with Gasteiger partial charge in [0.25, 0.3) is 0 Å². The Bertz CT molecular complexity index is 420. The van der Waals surface area contributed by atoms with E-state index in [1.165, 1.54) is 11.3 Å². The first-order valence-corrected chi connectivity index (χ1v) is 7.45. The third kappa shape index (κ3) is 4.88. The summed E-state index contributed by atoms with van der Waals surface area (Å²) in [6.07, 6.45) is 0. The molecule has 18 heavy (non-hydrogen) atoms. The van der Waals surface area contributed by atoms with Gasteiger partial charge in [-0.1, -0.05) is 6.92 Å². The smallest absolute Gasteiger partial charge is 0.234 e. The van der Waals surface area contributed by atoms with Crippen LogP contribution < -0.4 is 5.32 Å². The van der Waals surface area contributed by atoms with E-state index in [0.29, 0.717) is 13.1 Å². The molecule has 0 spiro atoms. The normalized spacial score (nSPS) is 10.7. The lowest BCUT2D eigenvalue weighted by molar-refractivity contribution is -0.121. The number of hydrogen-bond acceptors (Lipinski definition) is 4. The number of carbonyl (C=O) groups is 2. The first kappa shape index (κ1) is 15.3. The zero-order valence-corrected chi connectivity index (χ0v) is 12.9. The van der Waals surface area contributed by atoms with Gasteiger partial charge in [0.15, 0.2) is 5.78 Å². The monoisotopic (exact) mass is 332 g/mol. The molecule has 0 aromatic carbocycles. The lowest BCUT2D eigenvalue weighted by atomic mass is 10.3. The van der Waals surface area contributed by atoms with Crippen LogP contribution in [0.1, 0.15) is 23.5 Å². The highest BCUT2D eigenvalue weighted by atomic mass is 79.9. The molecule has 0 saturated carbocycles. The molecule has 1 heterocycles. The molecule has 0 radical (unpaired) electrons. The summed E-state index contributed by atoms with van der Waals surface area (Å²) in [4.78, 5) is 26.0. The largest absolute Gasteiger partial charge is 0.355 e. The summed E-state index contributed by atoms with van der Waals surface area (Å²) in [7, 11) is 0. The number of Topliss-reactive ketones (excluding diaryl/α,β-unsaturated/α-hetero) is 1. The molecule has 1 aromatic heterocycles. The van der Waals surface area contributed by atoms with E-state index < -0.39 is 0 Å². The zero-order valence-electron chi connectivity index (χ0n) is 10.5. The highest BCUT2D eigenvalue weighted by molar-refractivity contribution is 9.11. The Labute approximate surface area is 119 Å². The summed E-state index contributed by atoms with van der Waals surface area (Å²) in [5.74, 6) is 0.0105. The number of likely N-dealkylation sites (N-methyl/N-ethyl adjacent to an activating group) is 2. The number of amides is 1. The maximum absolute atomic E-state index is 12.0. The van der Waals surface area contributed by atoms with E-state index >= 15 is 0 Å². The van der Waals surface area contributed by atoms with Gasteiger partial charge in [-0.05, 0) is 41.5 Å². The van der Waals surface area contributed by atoms with Crippen LogP contribution in [0.15, 0.2) is 15.9 Å². The number of rotatable bonds is 7. The minimum atomic E-state index is -0.0421. The number of hydrogen-bond donors (Lipinski definition) is 1. The van der Waals surface area contributed by atoms with Crippen LogP contribution in [0.3, 0.4) is 0 Å². The van der Waals surface area contributed by atoms with E-state index in [1.54, 1.807) is 6.07 Å². The Kier molecular flexibility index (Phi) is 6.52. The second-order valence-corrected chi connectivity index (χ2v) is 6.25. The van der Waals surface area contributed by atoms with Gasteiger partial charge in [-0.15, -0.1) is 11.3 Å². The summed E-state index contributed by atoms with van der Waals surface area (Å²) >= 11 is 4.75. The molecule has 0 unspecified atom stereocenters. The topological polar surface area (TPSA) is 49.4 Å². The molecule has 1 amide bonds. The highest BCUT2D eigenvalue weighted by Gasteiger charge is 2.15. The van der Waals surface area contributed by atoms with Gasteiger partial charge < -0.3 is 5.32 Å². The summed E-state index contributed by atoms with van der Waals surface area (Å²) in [6, 6.07) is 3.66. The maximum atomic E-state index is 12.0. The van der Waals surface area contributed by atoms with Crippen molar-refractivity contribution in [3.8, 4) is 0 Å². The second kappa shape index (κ2) is 7.66. The van der Waals surface area contributed by atoms with Crippen molar-refractivity contribution in [3.63, 3.8) is 0 Å². The zero-order chi connectivity index (χ0) is 13.5. The third-order valence-corrected chi connectivity index (χ3v) is 4.07. The predicted octanol–water partition coefficient (Wildman–Crippen LogP) is 2.15. The first-order valence-electron chi connectivity index (χ1n) is 5.84. The fourth-order valence-corrected chi connectivity index (χ4v) is 2.80. The van der Waals surface area contributed by atoms with Crippen LogP contribution in [0.4, 0.5) is 0 Å². The van der Waals surface area contributed by atoms with Crippen LogP contribution in [0, 0.1) is 0 Å². The number of nitrogens with one attached hydrogen (secondary N) is 1. The number of carbonyl (C=O) groups excluding carboxylic acids is 2. The Hall–Kier alpha value is -0.720. The van der Waals surface area contributed by atoms with Gasteiger partial charge >= 0.3 is 0 Å². The predicted molar refractivity (Wildman–Crippen MR) is 77.1 cm³/mol. The molecule has 0 saturated heterocycles. The fraction of sp³-hybridized carbons (Fsp3) is 0.500. The van der Waals surface area contributed by atoms with Crippen molar-refractivity contribution in [2.24, 2.45) is 0 Å². The van der Waals surface area contributed by atoms with Crippen molar-refractivity contribution in [2.45, 2.75) is 13.8 Å². The molecule has 0 aliphatic heterocycles. The van der Waals surface area contributed by atoms with Crippen LogP contribution in [-0.4, -0.2) is 42.8 Å². The molecule has 1 aromatic rings. The van der Waals surface area contributed by atoms with Crippen molar-refractivity contribution in [1.82, 2.24) is 10.2 Å². The van der Waals surface area contributed by atoms with Crippen molar-refractivity contribution < 1.29 is 9.59 Å². The highest BCUT2D eigenvalue weighted by Crippen LogP contribution is 2.22. The van der Waals surface area contributed by atoms with Gasteiger partial charge in [0.05, 0.1) is 21.8 Å². The van der Waals surface area contributed by atoms with Crippen LogP contribution >= 0.6 is 27.3 Å². The quantitative estimate of drug-likeness (QED) is 0.778. The molecular formula is C12H17BrN2O2S. The Morgan fingerprint density at radius 1 is 1.33 bits per heavy atom. The third-order valence-electron chi connectivity index (χ3n) is 2.40. The lowest BCUT2D eigenvalue weighted by Crippen LogP contribution is -2.39. The van der Waals surface area contributed by atoms with Crippen molar-refractivity contribution in [2.75, 3.05) is 26.2 Å². The second-order valence-electron chi connectivity index (χ2n) is 3.78. The molecule has 0 atom stereocenters. The number of nitrogens with zero attached hydrogens (tertiary/aromatic N) is 1. The van der Waals surface area contributed by atoms with Crippen molar-refractivity contribution in [3.05, 3.63) is 20.8 Å². The van der Waals surface area contributed by atoms with Gasteiger partial charge in [0.1, 0.15) is 0 Å². The van der Waals surface area contributed by atoms with E-state index in [4.69, 9.17) is 0 Å². The summed E-state index contributed by atoms with van der Waals surface area (Å²) in [6.45, 7) is 5.65. The van der Waals surface area contributed by atoms with Gasteiger partial charge in [-0.2, -0.15) is 0 Å². The molecule has 0 bridgehead atoms. The molecule has 4 nitrogen and oxygen atoms in total. The van der Waals surface area contributed by atoms with E-state index in [2.05, 4.69) is 21.2 Å². The molecule has 0 aliphatic rings. The Morgan fingerprint density at radius 3 is 2.56 bits per heavy atom. The van der Waals surface area contributed by atoms with Crippen molar-refractivity contribution >= 4 is 39.0 Å². The molecule has 0 fully saturated rings. The van der Waals surface area contributed by atoms with Crippen LogP contribution in [-0.2, 0) is 4.79 Å². The number of thiophene rings is 1. The molecule has 0 aliphatic carbocycles. The van der Waals surface area contributed by atoms with Crippen molar-refractivity contribution in [1.29, 1.82) is 0 Å². The molecule has 6 heteroatoms. The van der Waals surface area contributed by atoms with Crippen LogP contribution in [0.25, 0.3) is 0 Å². The maximum Gasteiger partial charge on any atom is 0.234 e. The SMILES string of the molecule is CCNC(=O)CN(CC)CC(=O)c1ccc(Br)s1. The van der Waals surface area contributed by atoms with E-state index in [-0.39, 0.29) is 24.8 Å². The van der Waals surface area contributed by atoms with Crippen LogP contribution in [0.5, 0.6) is 0 Å². The number of ketones is 1. The molecule has 1 N–H and O–H groups in total. The summed E-state index contributed by atoms with van der Waals surface area (Å²) in [5, 5.41) is 2.73. The van der Waals surface area contributed by atoms with E-state index in [0.717, 1.165) is 8.66 Å². The average Bonchev–Trinajstić information content (AvgIpc) is 2.75. The fourth-order valence-electron chi connectivity index (χ4n) is 1.48. The van der Waals surface area contributed by atoms with E-state index in [1.807, 2.05) is 24.8 Å². The summed E-state index contributed by atoms with van der Waals surface area (Å²) in [5.41, 5.74) is 0. The minimum Gasteiger partial charge on any atom is -0.355 e. The molecule has 1 rings (SSSR count). The lowest BCUT2D eigenvalue weighted by Gasteiger charge is -2.18. The standard InChI is InChI=1S/C12H17BrN2O2S/c1-3-14-12(17)8-15(4-2)7-9(16)10-5-6-11(13)18-10/h5-6H,3-4,7-8H2,1-2H3,(H,14,17). The first-order chi connectivity index (χ1) is 8.56. The van der Waals surface area contributed by atoms with E-state index in [9.17, 15) is 9.59 Å². The van der Waals surface area contributed by atoms with Gasteiger partial charge in [-0.25, -0.2) is 0 Å². The van der Waals surface area contributed by atoms with Gasteiger partial charge in [0, 0.05) is 6.54 Å².